The quantitative estimate of drug-likeness (QED) is 0.454. The number of methoxy groups -OCH3 is 1. The molecule has 2 unspecified atom stereocenters. The predicted molar refractivity (Wildman–Crippen MR) is 135 cm³/mol. The highest BCUT2D eigenvalue weighted by Gasteiger charge is 2.46. The fraction of sp³-hybridized carbons (Fsp3) is 0.250. The van der Waals surface area contributed by atoms with Gasteiger partial charge in [-0.25, -0.2) is 0 Å². The van der Waals surface area contributed by atoms with Crippen LogP contribution in [0.3, 0.4) is 0 Å². The summed E-state index contributed by atoms with van der Waals surface area (Å²) in [6.07, 6.45) is -4.83. The monoisotopic (exact) mass is 541 g/mol. The Kier molecular flexibility index (Phi) is 7.65. The largest absolute Gasteiger partial charge is 0.496 e. The molecule has 6 nitrogen and oxygen atoms in total. The first kappa shape index (κ1) is 27.0. The number of rotatable bonds is 5. The van der Waals surface area contributed by atoms with Crippen molar-refractivity contribution in [2.45, 2.75) is 18.0 Å². The number of hydrogen-bond donors (Lipinski definition) is 1. The van der Waals surface area contributed by atoms with Crippen LogP contribution in [0.4, 0.5) is 13.2 Å². The Balaban J connectivity index is 1.89. The highest BCUT2D eigenvalue weighted by molar-refractivity contribution is 6.30. The Morgan fingerprint density at radius 1 is 1.03 bits per heavy atom. The molecular formula is C28H23ClF3N3O3. The van der Waals surface area contributed by atoms with Gasteiger partial charge in [0.25, 0.3) is 11.8 Å². The number of alkyl halides is 3. The van der Waals surface area contributed by atoms with Crippen LogP contribution in [0.5, 0.6) is 5.75 Å². The van der Waals surface area contributed by atoms with Gasteiger partial charge in [-0.3, -0.25) is 9.59 Å². The lowest BCUT2D eigenvalue weighted by atomic mass is 9.79. The third kappa shape index (κ3) is 5.18. The average molecular weight is 542 g/mol. The van der Waals surface area contributed by atoms with Gasteiger partial charge < -0.3 is 15.0 Å². The molecule has 0 saturated carbocycles. The zero-order valence-corrected chi connectivity index (χ0v) is 21.2. The van der Waals surface area contributed by atoms with Gasteiger partial charge in [-0.1, -0.05) is 23.7 Å². The molecule has 0 spiro atoms. The molecule has 0 aromatic heterocycles. The molecule has 1 saturated heterocycles. The van der Waals surface area contributed by atoms with E-state index in [0.29, 0.717) is 21.7 Å². The summed E-state index contributed by atoms with van der Waals surface area (Å²) in [4.78, 5) is 27.7. The van der Waals surface area contributed by atoms with Crippen LogP contribution >= 0.6 is 11.6 Å². The molecule has 1 heterocycles. The summed E-state index contributed by atoms with van der Waals surface area (Å²) < 4.78 is 48.7. The molecule has 10 heteroatoms. The summed E-state index contributed by atoms with van der Waals surface area (Å²) in [6.45, 7) is 0.0270. The normalized spacial score (nSPS) is 17.1. The number of nitriles is 1. The fourth-order valence-corrected chi connectivity index (χ4v) is 5.09. The van der Waals surface area contributed by atoms with E-state index in [0.717, 1.165) is 13.2 Å². The first-order chi connectivity index (χ1) is 18.1. The molecule has 3 aromatic carbocycles. The van der Waals surface area contributed by atoms with Crippen molar-refractivity contribution in [2.24, 2.45) is 0 Å². The second-order valence-electron chi connectivity index (χ2n) is 8.84. The van der Waals surface area contributed by atoms with Crippen molar-refractivity contribution in [1.82, 2.24) is 10.2 Å². The van der Waals surface area contributed by atoms with Crippen LogP contribution < -0.4 is 10.1 Å². The van der Waals surface area contributed by atoms with E-state index in [1.807, 2.05) is 6.07 Å². The van der Waals surface area contributed by atoms with Crippen LogP contribution in [0.1, 0.15) is 54.8 Å². The lowest BCUT2D eigenvalue weighted by molar-refractivity contribution is -0.139. The van der Waals surface area contributed by atoms with Gasteiger partial charge in [0, 0.05) is 48.1 Å². The second-order valence-corrected chi connectivity index (χ2v) is 9.28. The molecule has 38 heavy (non-hydrogen) atoms. The van der Waals surface area contributed by atoms with E-state index >= 15 is 0 Å². The summed E-state index contributed by atoms with van der Waals surface area (Å²) >= 11 is 6.06. The van der Waals surface area contributed by atoms with Gasteiger partial charge in [0.2, 0.25) is 0 Å². The lowest BCUT2D eigenvalue weighted by Crippen LogP contribution is -2.29. The molecular weight excluding hydrogens is 519 g/mol. The Hall–Kier alpha value is -4.03. The van der Waals surface area contributed by atoms with Gasteiger partial charge in [-0.05, 0) is 59.7 Å². The van der Waals surface area contributed by atoms with Crippen molar-refractivity contribution in [3.05, 3.63) is 99.1 Å². The number of benzene rings is 3. The van der Waals surface area contributed by atoms with Crippen LogP contribution in [-0.4, -0.2) is 44.0 Å². The number of carbonyl (C=O) groups is 2. The maximum atomic E-state index is 14.5. The van der Waals surface area contributed by atoms with E-state index < -0.39 is 41.1 Å². The number of hydrogen-bond acceptors (Lipinski definition) is 4. The van der Waals surface area contributed by atoms with Crippen LogP contribution in [-0.2, 0) is 6.18 Å². The van der Waals surface area contributed by atoms with Crippen LogP contribution in [0.15, 0.2) is 60.7 Å². The maximum Gasteiger partial charge on any atom is 0.420 e. The Morgan fingerprint density at radius 2 is 1.66 bits per heavy atom. The molecule has 1 N–H and O–H groups in total. The molecule has 0 bridgehead atoms. The maximum absolute atomic E-state index is 14.5. The number of ether oxygens (including phenoxy) is 1. The second kappa shape index (κ2) is 10.8. The van der Waals surface area contributed by atoms with Crippen molar-refractivity contribution < 1.29 is 27.5 Å². The Labute approximate surface area is 222 Å². The highest BCUT2D eigenvalue weighted by Crippen LogP contribution is 2.49. The first-order valence-corrected chi connectivity index (χ1v) is 12.0. The van der Waals surface area contributed by atoms with E-state index in [1.54, 1.807) is 24.3 Å². The van der Waals surface area contributed by atoms with Gasteiger partial charge in [0.05, 0.1) is 18.7 Å². The number of nitrogens with one attached hydrogen (secondary N) is 1. The van der Waals surface area contributed by atoms with Crippen molar-refractivity contribution in [1.29, 1.82) is 5.26 Å². The molecule has 2 amide bonds. The first-order valence-electron chi connectivity index (χ1n) is 11.6. The minimum absolute atomic E-state index is 0.0770. The zero-order valence-electron chi connectivity index (χ0n) is 20.5. The Bertz CT molecular complexity index is 1400. The third-order valence-electron chi connectivity index (χ3n) is 6.72. The number of halogens is 4. The standard InChI is InChI=1S/C28H23ClF3N3O3/c1-34-26(36)20-11-12-23(38-2)25(28(30,31)32)24(20)22-15-35(14-21(22)17-7-9-19(29)10-8-17)27(37)18-5-3-16(13-33)4-6-18/h3-12,21-22H,14-15H2,1-2H3,(H,34,36). The van der Waals surface area contributed by atoms with Crippen LogP contribution in [0.25, 0.3) is 0 Å². The van der Waals surface area contributed by atoms with Gasteiger partial charge in [-0.2, -0.15) is 18.4 Å². The molecule has 2 atom stereocenters. The number of nitrogens with zero attached hydrogens (tertiary/aromatic N) is 2. The molecule has 0 aliphatic carbocycles. The summed E-state index contributed by atoms with van der Waals surface area (Å²) in [5.74, 6) is -2.95. The minimum atomic E-state index is -4.83. The summed E-state index contributed by atoms with van der Waals surface area (Å²) in [5, 5.41) is 11.9. The zero-order chi connectivity index (χ0) is 27.6. The minimum Gasteiger partial charge on any atom is -0.496 e. The summed E-state index contributed by atoms with van der Waals surface area (Å²) in [6, 6.07) is 17.1. The van der Waals surface area contributed by atoms with Gasteiger partial charge in [0.1, 0.15) is 11.3 Å². The SMILES string of the molecule is CNC(=O)c1ccc(OC)c(C(F)(F)F)c1C1CN(C(=O)c2ccc(C#N)cc2)CC1c1ccc(Cl)cc1. The molecule has 4 rings (SSSR count). The van der Waals surface area contributed by atoms with E-state index in [9.17, 15) is 22.8 Å². The Morgan fingerprint density at radius 3 is 2.21 bits per heavy atom. The van der Waals surface area contributed by atoms with Gasteiger partial charge in [-0.15, -0.1) is 0 Å². The average Bonchev–Trinajstić information content (AvgIpc) is 3.36. The molecule has 1 fully saturated rings. The van der Waals surface area contributed by atoms with Crippen molar-refractivity contribution in [2.75, 3.05) is 27.2 Å². The molecule has 196 valence electrons. The van der Waals surface area contributed by atoms with Crippen molar-refractivity contribution in [3.63, 3.8) is 0 Å². The molecule has 3 aromatic rings. The van der Waals surface area contributed by atoms with Gasteiger partial charge in [0.15, 0.2) is 0 Å². The lowest BCUT2D eigenvalue weighted by Gasteiger charge is -2.26. The number of likely N-dealkylation sites (tertiary alicyclic amines) is 1. The smallest absolute Gasteiger partial charge is 0.420 e. The van der Waals surface area contributed by atoms with E-state index in [1.165, 1.54) is 42.3 Å². The molecule has 1 aliphatic rings. The number of carbonyl (C=O) groups excluding carboxylic acids is 2. The summed E-state index contributed by atoms with van der Waals surface area (Å²) in [7, 11) is 2.48. The van der Waals surface area contributed by atoms with Crippen molar-refractivity contribution in [3.8, 4) is 11.8 Å². The number of amides is 2. The van der Waals surface area contributed by atoms with Crippen LogP contribution in [0, 0.1) is 11.3 Å². The van der Waals surface area contributed by atoms with E-state index in [4.69, 9.17) is 21.6 Å². The summed E-state index contributed by atoms with van der Waals surface area (Å²) in [5.41, 5.74) is -0.0661. The predicted octanol–water partition coefficient (Wildman–Crippen LogP) is 5.62. The topological polar surface area (TPSA) is 82.4 Å². The highest BCUT2D eigenvalue weighted by atomic mass is 35.5. The third-order valence-corrected chi connectivity index (χ3v) is 6.97. The van der Waals surface area contributed by atoms with E-state index in [2.05, 4.69) is 5.32 Å². The van der Waals surface area contributed by atoms with Crippen LogP contribution in [0.2, 0.25) is 5.02 Å². The molecule has 0 radical (unpaired) electrons. The van der Waals surface area contributed by atoms with Crippen molar-refractivity contribution >= 4 is 23.4 Å². The van der Waals surface area contributed by atoms with E-state index in [-0.39, 0.29) is 24.2 Å². The molecule has 1 aliphatic heterocycles. The van der Waals surface area contributed by atoms with Gasteiger partial charge >= 0.3 is 6.18 Å². The fourth-order valence-electron chi connectivity index (χ4n) is 4.96.